The van der Waals surface area contributed by atoms with E-state index in [2.05, 4.69) is 31.2 Å². The number of primary amides is 1. The van der Waals surface area contributed by atoms with Crippen molar-refractivity contribution in [3.8, 4) is 28.6 Å². The molecule has 0 saturated carbocycles. The fourth-order valence-corrected chi connectivity index (χ4v) is 3.06. The average molecular weight is 454 g/mol. The molecule has 4 aromatic rings. The molecule has 2 N–H and O–H groups in total. The average Bonchev–Trinajstić information content (AvgIpc) is 3.36. The molecule has 0 spiro atoms. The minimum Gasteiger partial charge on any atom is -0.484 e. The largest absolute Gasteiger partial charge is 0.484 e. The molecule has 0 bridgehead atoms. The quantitative estimate of drug-likeness (QED) is 0.459. The third kappa shape index (κ3) is 4.69. The molecule has 0 aliphatic carbocycles. The van der Waals surface area contributed by atoms with Gasteiger partial charge in [-0.05, 0) is 57.9 Å². The summed E-state index contributed by atoms with van der Waals surface area (Å²) in [5.74, 6) is 0.897. The first kappa shape index (κ1) is 18.9. The van der Waals surface area contributed by atoms with Crippen LogP contribution in [0.4, 0.5) is 0 Å². The molecule has 0 aliphatic heterocycles. The molecule has 146 valence electrons. The molecule has 0 unspecified atom stereocenters. The minimum absolute atomic E-state index is 0.169. The highest BCUT2D eigenvalue weighted by molar-refractivity contribution is 9.10. The van der Waals surface area contributed by atoms with Crippen LogP contribution in [0.15, 0.2) is 69.9 Å². The Labute approximate surface area is 174 Å². The summed E-state index contributed by atoms with van der Waals surface area (Å²) in [6.45, 7) is 0.463. The molecular formula is C20H16BrN5O3. The van der Waals surface area contributed by atoms with Gasteiger partial charge in [0.1, 0.15) is 5.75 Å². The van der Waals surface area contributed by atoms with Gasteiger partial charge in [0.25, 0.3) is 11.8 Å². The number of benzene rings is 2. The SMILES string of the molecule is NC(=O)COc1ccc(-c2noc(-c3cccc(Cn4cc(Br)cn4)c3)n2)cc1. The smallest absolute Gasteiger partial charge is 0.258 e. The van der Waals surface area contributed by atoms with E-state index in [4.69, 9.17) is 15.0 Å². The number of nitrogens with zero attached hydrogens (tertiary/aromatic N) is 4. The van der Waals surface area contributed by atoms with Crippen LogP contribution >= 0.6 is 15.9 Å². The Morgan fingerprint density at radius 3 is 2.72 bits per heavy atom. The van der Waals surface area contributed by atoms with Gasteiger partial charge >= 0.3 is 0 Å². The molecule has 2 heterocycles. The van der Waals surface area contributed by atoms with Crippen molar-refractivity contribution in [1.29, 1.82) is 0 Å². The third-order valence-electron chi connectivity index (χ3n) is 4.04. The summed E-state index contributed by atoms with van der Waals surface area (Å²) in [7, 11) is 0. The number of rotatable bonds is 7. The number of nitrogens with two attached hydrogens (primary N) is 1. The molecule has 4 rings (SSSR count). The zero-order valence-corrected chi connectivity index (χ0v) is 16.7. The van der Waals surface area contributed by atoms with Crippen LogP contribution in [0.1, 0.15) is 5.56 Å². The Hall–Kier alpha value is -3.46. The molecule has 0 atom stereocenters. The lowest BCUT2D eigenvalue weighted by Crippen LogP contribution is -2.19. The first-order valence-corrected chi connectivity index (χ1v) is 9.48. The van der Waals surface area contributed by atoms with Gasteiger partial charge in [-0.3, -0.25) is 9.48 Å². The van der Waals surface area contributed by atoms with Gasteiger partial charge in [-0.2, -0.15) is 10.1 Å². The topological polar surface area (TPSA) is 109 Å². The van der Waals surface area contributed by atoms with Crippen molar-refractivity contribution in [1.82, 2.24) is 19.9 Å². The predicted molar refractivity (Wildman–Crippen MR) is 109 cm³/mol. The molecule has 29 heavy (non-hydrogen) atoms. The van der Waals surface area contributed by atoms with E-state index >= 15 is 0 Å². The van der Waals surface area contributed by atoms with Crippen molar-refractivity contribution in [2.45, 2.75) is 6.54 Å². The maximum absolute atomic E-state index is 10.8. The normalized spacial score (nSPS) is 10.8. The molecule has 2 aromatic carbocycles. The summed E-state index contributed by atoms with van der Waals surface area (Å²) in [6, 6.07) is 14.9. The molecule has 0 fully saturated rings. The van der Waals surface area contributed by atoms with Crippen molar-refractivity contribution in [2.24, 2.45) is 5.73 Å². The van der Waals surface area contributed by atoms with E-state index in [1.54, 1.807) is 30.5 Å². The van der Waals surface area contributed by atoms with Gasteiger partial charge in [-0.15, -0.1) is 0 Å². The maximum Gasteiger partial charge on any atom is 0.258 e. The third-order valence-corrected chi connectivity index (χ3v) is 4.45. The first-order chi connectivity index (χ1) is 14.1. The van der Waals surface area contributed by atoms with Gasteiger partial charge in [0.2, 0.25) is 5.82 Å². The van der Waals surface area contributed by atoms with E-state index in [1.165, 1.54) is 0 Å². The molecular weight excluding hydrogens is 438 g/mol. The number of aromatic nitrogens is 4. The molecule has 8 nitrogen and oxygen atoms in total. The van der Waals surface area contributed by atoms with Gasteiger partial charge in [-0.25, -0.2) is 0 Å². The highest BCUT2D eigenvalue weighted by Gasteiger charge is 2.12. The van der Waals surface area contributed by atoms with Crippen LogP contribution in [0, 0.1) is 0 Å². The van der Waals surface area contributed by atoms with Gasteiger partial charge in [-0.1, -0.05) is 17.3 Å². The summed E-state index contributed by atoms with van der Waals surface area (Å²) in [4.78, 5) is 15.3. The van der Waals surface area contributed by atoms with Crippen LogP contribution in [-0.4, -0.2) is 32.4 Å². The number of hydrogen-bond donors (Lipinski definition) is 1. The van der Waals surface area contributed by atoms with Crippen LogP contribution in [0.5, 0.6) is 5.75 Å². The zero-order valence-electron chi connectivity index (χ0n) is 15.2. The molecule has 0 saturated heterocycles. The monoisotopic (exact) mass is 453 g/mol. The molecule has 2 aromatic heterocycles. The van der Waals surface area contributed by atoms with Crippen molar-refractivity contribution in [2.75, 3.05) is 6.61 Å². The van der Waals surface area contributed by atoms with Crippen LogP contribution in [0.25, 0.3) is 22.8 Å². The summed E-state index contributed by atoms with van der Waals surface area (Å²) < 4.78 is 13.5. The van der Waals surface area contributed by atoms with Crippen LogP contribution in [-0.2, 0) is 11.3 Å². The van der Waals surface area contributed by atoms with E-state index in [0.717, 1.165) is 21.2 Å². The van der Waals surface area contributed by atoms with E-state index in [9.17, 15) is 4.79 Å². The molecule has 1 amide bonds. The predicted octanol–water partition coefficient (Wildman–Crippen LogP) is 3.28. The van der Waals surface area contributed by atoms with Gasteiger partial charge in [0.05, 0.1) is 17.2 Å². The van der Waals surface area contributed by atoms with Gasteiger partial charge < -0.3 is 15.0 Å². The Kier molecular flexibility index (Phi) is 5.39. The summed E-state index contributed by atoms with van der Waals surface area (Å²) in [5.41, 5.74) is 7.73. The Bertz CT molecular complexity index is 1140. The fourth-order valence-electron chi connectivity index (χ4n) is 2.73. The number of halogens is 1. The van der Waals surface area contributed by atoms with Crippen molar-refractivity contribution in [3.05, 3.63) is 71.0 Å². The lowest BCUT2D eigenvalue weighted by Gasteiger charge is -2.03. The molecule has 0 radical (unpaired) electrons. The van der Waals surface area contributed by atoms with E-state index in [0.29, 0.717) is 24.0 Å². The second-order valence-electron chi connectivity index (χ2n) is 6.26. The van der Waals surface area contributed by atoms with Crippen molar-refractivity contribution in [3.63, 3.8) is 0 Å². The minimum atomic E-state index is -0.528. The van der Waals surface area contributed by atoms with E-state index in [-0.39, 0.29) is 6.61 Å². The first-order valence-electron chi connectivity index (χ1n) is 8.69. The molecule has 0 aliphatic rings. The highest BCUT2D eigenvalue weighted by atomic mass is 79.9. The Morgan fingerprint density at radius 2 is 2.00 bits per heavy atom. The second kappa shape index (κ2) is 8.27. The number of ether oxygens (including phenoxy) is 1. The lowest BCUT2D eigenvalue weighted by atomic mass is 10.1. The number of carbonyl (C=O) groups is 1. The Balaban J connectivity index is 1.50. The van der Waals surface area contributed by atoms with Crippen LogP contribution in [0.2, 0.25) is 0 Å². The summed E-state index contributed by atoms with van der Waals surface area (Å²) in [6.07, 6.45) is 3.66. The summed E-state index contributed by atoms with van der Waals surface area (Å²) in [5, 5.41) is 8.33. The number of carbonyl (C=O) groups excluding carboxylic acids is 1. The zero-order chi connectivity index (χ0) is 20.2. The van der Waals surface area contributed by atoms with Crippen LogP contribution < -0.4 is 10.5 Å². The van der Waals surface area contributed by atoms with Crippen LogP contribution in [0.3, 0.4) is 0 Å². The maximum atomic E-state index is 10.8. The number of hydrogen-bond acceptors (Lipinski definition) is 6. The van der Waals surface area contributed by atoms with Gasteiger partial charge in [0, 0.05) is 17.3 Å². The number of amides is 1. The highest BCUT2D eigenvalue weighted by Crippen LogP contribution is 2.25. The second-order valence-corrected chi connectivity index (χ2v) is 7.17. The standard InChI is InChI=1S/C20H16BrN5O3/c21-16-9-23-26(11-16)10-13-2-1-3-15(8-13)20-24-19(25-29-20)14-4-6-17(7-5-14)28-12-18(22)27/h1-9,11H,10,12H2,(H2,22,27). The van der Waals surface area contributed by atoms with Crippen molar-refractivity contribution < 1.29 is 14.1 Å². The van der Waals surface area contributed by atoms with Gasteiger partial charge in [0.15, 0.2) is 6.61 Å². The lowest BCUT2D eigenvalue weighted by molar-refractivity contribution is -0.119. The van der Waals surface area contributed by atoms with Crippen molar-refractivity contribution >= 4 is 21.8 Å². The fraction of sp³-hybridized carbons (Fsp3) is 0.100. The molecule has 9 heteroatoms. The summed E-state index contributed by atoms with van der Waals surface area (Å²) >= 11 is 3.40. The Morgan fingerprint density at radius 1 is 1.17 bits per heavy atom. The van der Waals surface area contributed by atoms with E-state index in [1.807, 2.05) is 35.1 Å². The van der Waals surface area contributed by atoms with E-state index < -0.39 is 5.91 Å².